The molecule has 0 spiro atoms. The van der Waals surface area contributed by atoms with E-state index < -0.39 is 0 Å². The van der Waals surface area contributed by atoms with Crippen LogP contribution in [0.3, 0.4) is 0 Å². The number of aromatic nitrogens is 4. The van der Waals surface area contributed by atoms with Crippen LogP contribution in [0.5, 0.6) is 5.75 Å². The molecule has 3 aromatic heterocycles. The van der Waals surface area contributed by atoms with E-state index >= 15 is 0 Å². The lowest BCUT2D eigenvalue weighted by atomic mass is 10.0. The number of benzene rings is 1. The molecule has 27 heavy (non-hydrogen) atoms. The lowest BCUT2D eigenvalue weighted by Crippen LogP contribution is -2.03. The first kappa shape index (κ1) is 17.4. The molecular weight excluding hydrogens is 367 g/mol. The number of methoxy groups -OCH3 is 1. The van der Waals surface area contributed by atoms with Gasteiger partial charge in [0.25, 0.3) is 0 Å². The van der Waals surface area contributed by atoms with E-state index in [1.807, 2.05) is 22.6 Å². The number of aryl methyl sites for hydroxylation is 1. The molecule has 4 rings (SSSR count). The molecule has 7 heteroatoms. The quantitative estimate of drug-likeness (QED) is 0.514. The minimum Gasteiger partial charge on any atom is -0.496 e. The second kappa shape index (κ2) is 7.32. The molecule has 0 amide bonds. The third-order valence-corrected chi connectivity index (χ3v) is 4.83. The van der Waals surface area contributed by atoms with Crippen molar-refractivity contribution in [3.05, 3.63) is 77.2 Å². The average Bonchev–Trinajstić information content (AvgIpc) is 3.17. The van der Waals surface area contributed by atoms with Gasteiger partial charge in [0, 0.05) is 34.8 Å². The zero-order valence-electron chi connectivity index (χ0n) is 14.6. The molecule has 0 atom stereocenters. The number of nitrogens with zero attached hydrogens (tertiary/aromatic N) is 4. The Labute approximate surface area is 160 Å². The van der Waals surface area contributed by atoms with Crippen LogP contribution in [0.4, 0.5) is 4.39 Å². The van der Waals surface area contributed by atoms with E-state index in [9.17, 15) is 4.39 Å². The number of hydrogen-bond acceptors (Lipinski definition) is 4. The van der Waals surface area contributed by atoms with E-state index in [1.54, 1.807) is 38.0 Å². The zero-order valence-corrected chi connectivity index (χ0v) is 15.3. The highest BCUT2D eigenvalue weighted by Crippen LogP contribution is 2.30. The van der Waals surface area contributed by atoms with Crippen LogP contribution in [0.15, 0.2) is 55.1 Å². The summed E-state index contributed by atoms with van der Waals surface area (Å²) in [7, 11) is 1.55. The highest BCUT2D eigenvalue weighted by molar-refractivity contribution is 6.33. The number of pyridine rings is 2. The summed E-state index contributed by atoms with van der Waals surface area (Å²) in [6, 6.07) is 10.6. The van der Waals surface area contributed by atoms with Gasteiger partial charge < -0.3 is 4.74 Å². The van der Waals surface area contributed by atoms with Crippen molar-refractivity contribution in [3.8, 4) is 16.9 Å². The fourth-order valence-electron chi connectivity index (χ4n) is 3.20. The van der Waals surface area contributed by atoms with Gasteiger partial charge in [0.05, 0.1) is 12.1 Å². The van der Waals surface area contributed by atoms with Gasteiger partial charge in [-0.3, -0.25) is 9.38 Å². The zero-order chi connectivity index (χ0) is 18.8. The molecule has 136 valence electrons. The first-order chi connectivity index (χ1) is 13.2. The number of fused-ring (bicyclic) bond motifs is 1. The number of halogens is 2. The summed E-state index contributed by atoms with van der Waals surface area (Å²) in [5.74, 6) is 0.282. The van der Waals surface area contributed by atoms with E-state index in [0.29, 0.717) is 34.8 Å². The van der Waals surface area contributed by atoms with Crippen LogP contribution in [0.1, 0.15) is 11.3 Å². The predicted octanol–water partition coefficient (Wildman–Crippen LogP) is 4.38. The van der Waals surface area contributed by atoms with Crippen LogP contribution in [0.25, 0.3) is 16.8 Å². The van der Waals surface area contributed by atoms with E-state index in [-0.39, 0.29) is 5.82 Å². The topological polar surface area (TPSA) is 52.3 Å². The van der Waals surface area contributed by atoms with Gasteiger partial charge in [-0.25, -0.2) is 4.39 Å². The van der Waals surface area contributed by atoms with Gasteiger partial charge in [0.1, 0.15) is 17.9 Å². The number of ether oxygens (including phenoxy) is 1. The Balaban J connectivity index is 1.70. The molecule has 0 unspecified atom stereocenters. The largest absolute Gasteiger partial charge is 0.496 e. The van der Waals surface area contributed by atoms with Crippen LogP contribution >= 0.6 is 11.6 Å². The summed E-state index contributed by atoms with van der Waals surface area (Å²) in [6.45, 7) is 0. The Bertz CT molecular complexity index is 1110. The fourth-order valence-corrected chi connectivity index (χ4v) is 3.42. The third kappa shape index (κ3) is 3.24. The van der Waals surface area contributed by atoms with Gasteiger partial charge in [0.2, 0.25) is 0 Å². The van der Waals surface area contributed by atoms with Crippen LogP contribution in [0.2, 0.25) is 5.02 Å². The monoisotopic (exact) mass is 382 g/mol. The molecule has 0 saturated carbocycles. The van der Waals surface area contributed by atoms with Crippen molar-refractivity contribution in [1.82, 2.24) is 19.6 Å². The third-order valence-electron chi connectivity index (χ3n) is 4.53. The van der Waals surface area contributed by atoms with E-state index in [1.165, 1.54) is 6.07 Å². The molecule has 0 aliphatic carbocycles. The Morgan fingerprint density at radius 3 is 2.81 bits per heavy atom. The maximum atomic E-state index is 14.2. The summed E-state index contributed by atoms with van der Waals surface area (Å²) in [4.78, 5) is 4.02. The molecule has 3 heterocycles. The van der Waals surface area contributed by atoms with Crippen molar-refractivity contribution < 1.29 is 9.13 Å². The highest BCUT2D eigenvalue weighted by atomic mass is 35.5. The standard InChI is InChI=1S/C20H16ClFN4O/c1-27-19-4-2-3-18(22)16(19)8-6-13-5-7-15(20-25-24-12-26(13)20)14-9-10-23-11-17(14)21/h2-5,7,9-12H,6,8H2,1H3. The normalized spacial score (nSPS) is 11.1. The van der Waals surface area contributed by atoms with E-state index in [2.05, 4.69) is 15.2 Å². The second-order valence-electron chi connectivity index (χ2n) is 6.04. The summed E-state index contributed by atoms with van der Waals surface area (Å²) in [5.41, 5.74) is 3.93. The maximum absolute atomic E-state index is 14.2. The molecular formula is C20H16ClFN4O. The van der Waals surface area contributed by atoms with Crippen LogP contribution < -0.4 is 4.74 Å². The smallest absolute Gasteiger partial charge is 0.168 e. The van der Waals surface area contributed by atoms with Gasteiger partial charge in [-0.05, 0) is 43.2 Å². The minimum atomic E-state index is -0.269. The van der Waals surface area contributed by atoms with Crippen LogP contribution in [-0.4, -0.2) is 26.7 Å². The molecule has 0 radical (unpaired) electrons. The van der Waals surface area contributed by atoms with Crippen molar-refractivity contribution in [2.24, 2.45) is 0 Å². The van der Waals surface area contributed by atoms with Gasteiger partial charge in [-0.1, -0.05) is 17.7 Å². The maximum Gasteiger partial charge on any atom is 0.168 e. The molecule has 0 fully saturated rings. The van der Waals surface area contributed by atoms with Crippen molar-refractivity contribution in [2.75, 3.05) is 7.11 Å². The summed E-state index contributed by atoms with van der Waals surface area (Å²) in [5, 5.41) is 8.83. The lowest BCUT2D eigenvalue weighted by Gasteiger charge is -2.12. The first-order valence-corrected chi connectivity index (χ1v) is 8.79. The van der Waals surface area contributed by atoms with E-state index in [4.69, 9.17) is 16.3 Å². The Morgan fingerprint density at radius 2 is 2.00 bits per heavy atom. The van der Waals surface area contributed by atoms with E-state index in [0.717, 1.165) is 16.8 Å². The Kier molecular flexibility index (Phi) is 4.73. The first-order valence-electron chi connectivity index (χ1n) is 8.42. The molecule has 0 aliphatic rings. The Morgan fingerprint density at radius 1 is 1.11 bits per heavy atom. The molecule has 0 aliphatic heterocycles. The minimum absolute atomic E-state index is 0.269. The average molecular weight is 383 g/mol. The lowest BCUT2D eigenvalue weighted by molar-refractivity contribution is 0.404. The molecule has 4 aromatic rings. The van der Waals surface area contributed by atoms with Gasteiger partial charge in [-0.2, -0.15) is 0 Å². The number of rotatable bonds is 5. The summed E-state index contributed by atoms with van der Waals surface area (Å²) >= 11 is 6.28. The van der Waals surface area contributed by atoms with Crippen molar-refractivity contribution in [2.45, 2.75) is 12.8 Å². The molecule has 0 bridgehead atoms. The molecule has 1 aromatic carbocycles. The molecule has 0 N–H and O–H groups in total. The Hall–Kier alpha value is -2.99. The molecule has 5 nitrogen and oxygen atoms in total. The number of hydrogen-bond donors (Lipinski definition) is 0. The summed E-state index contributed by atoms with van der Waals surface area (Å²) < 4.78 is 21.4. The summed E-state index contributed by atoms with van der Waals surface area (Å²) in [6.07, 6.45) is 6.05. The van der Waals surface area contributed by atoms with Crippen molar-refractivity contribution in [1.29, 1.82) is 0 Å². The van der Waals surface area contributed by atoms with Crippen LogP contribution in [-0.2, 0) is 12.8 Å². The fraction of sp³-hybridized carbons (Fsp3) is 0.150. The second-order valence-corrected chi connectivity index (χ2v) is 6.45. The predicted molar refractivity (Wildman–Crippen MR) is 102 cm³/mol. The van der Waals surface area contributed by atoms with Gasteiger partial charge in [0.15, 0.2) is 5.65 Å². The van der Waals surface area contributed by atoms with Gasteiger partial charge >= 0.3 is 0 Å². The SMILES string of the molecule is COc1cccc(F)c1CCc1ccc(-c2ccncc2Cl)c2nncn12. The van der Waals surface area contributed by atoms with Gasteiger partial charge in [-0.15, -0.1) is 10.2 Å². The van der Waals surface area contributed by atoms with Crippen molar-refractivity contribution in [3.63, 3.8) is 0 Å². The van der Waals surface area contributed by atoms with Crippen molar-refractivity contribution >= 4 is 17.2 Å². The van der Waals surface area contributed by atoms with Crippen LogP contribution in [0, 0.1) is 5.82 Å². The molecule has 0 saturated heterocycles. The highest BCUT2D eigenvalue weighted by Gasteiger charge is 2.14.